The first kappa shape index (κ1) is 15.3. The van der Waals surface area contributed by atoms with Gasteiger partial charge in [0.25, 0.3) is 0 Å². The van der Waals surface area contributed by atoms with Gasteiger partial charge in [-0.25, -0.2) is 4.39 Å². The van der Waals surface area contributed by atoms with Gasteiger partial charge in [0.05, 0.1) is 7.11 Å². The molecule has 0 bridgehead atoms. The minimum atomic E-state index is -0.351. The van der Waals surface area contributed by atoms with Crippen LogP contribution in [-0.2, 0) is 0 Å². The molecule has 0 aliphatic carbocycles. The second kappa shape index (κ2) is 6.59. The predicted molar refractivity (Wildman–Crippen MR) is 81.1 cm³/mol. The summed E-state index contributed by atoms with van der Waals surface area (Å²) in [6.07, 6.45) is -0.351. The van der Waals surface area contributed by atoms with Crippen LogP contribution in [0.4, 0.5) is 4.39 Å². The summed E-state index contributed by atoms with van der Waals surface area (Å²) in [5.41, 5.74) is 7.82. The number of benzene rings is 2. The molecule has 2 N–H and O–H groups in total. The van der Waals surface area contributed by atoms with E-state index in [1.54, 1.807) is 13.2 Å². The largest absolute Gasteiger partial charge is 0.497 e. The van der Waals surface area contributed by atoms with E-state index in [0.29, 0.717) is 5.75 Å². The zero-order valence-electron chi connectivity index (χ0n) is 12.5. The van der Waals surface area contributed by atoms with Gasteiger partial charge >= 0.3 is 0 Å². The summed E-state index contributed by atoms with van der Waals surface area (Å²) >= 11 is 0. The van der Waals surface area contributed by atoms with Crippen LogP contribution in [0.2, 0.25) is 0 Å². The Labute approximate surface area is 124 Å². The Morgan fingerprint density at radius 3 is 2.33 bits per heavy atom. The number of nitrogens with two attached hydrogens (primary N) is 1. The molecule has 0 saturated carbocycles. The third kappa shape index (κ3) is 3.73. The van der Waals surface area contributed by atoms with Crippen molar-refractivity contribution in [2.75, 3.05) is 7.11 Å². The van der Waals surface area contributed by atoms with Crippen molar-refractivity contribution in [1.82, 2.24) is 0 Å². The molecule has 0 heterocycles. The summed E-state index contributed by atoms with van der Waals surface area (Å²) in [5.74, 6) is 0.950. The van der Waals surface area contributed by atoms with Crippen LogP contribution in [-0.4, -0.2) is 13.2 Å². The van der Waals surface area contributed by atoms with E-state index in [1.165, 1.54) is 12.1 Å². The van der Waals surface area contributed by atoms with Gasteiger partial charge < -0.3 is 15.2 Å². The molecule has 0 aliphatic rings. The topological polar surface area (TPSA) is 44.5 Å². The normalized spacial score (nSPS) is 13.6. The van der Waals surface area contributed by atoms with E-state index in [-0.39, 0.29) is 18.0 Å². The molecule has 2 unspecified atom stereocenters. The minimum absolute atomic E-state index is 0.235. The highest BCUT2D eigenvalue weighted by molar-refractivity contribution is 5.35. The van der Waals surface area contributed by atoms with Crippen LogP contribution < -0.4 is 15.2 Å². The molecule has 0 fully saturated rings. The fraction of sp³-hybridized carbons (Fsp3) is 0.294. The van der Waals surface area contributed by atoms with Gasteiger partial charge in [0.1, 0.15) is 23.4 Å². The van der Waals surface area contributed by atoms with Crippen molar-refractivity contribution in [2.24, 2.45) is 5.73 Å². The molecule has 112 valence electrons. The highest BCUT2D eigenvalue weighted by atomic mass is 19.1. The van der Waals surface area contributed by atoms with Crippen molar-refractivity contribution < 1.29 is 13.9 Å². The standard InChI is InChI=1S/C17H20FNO2/c1-11-4-7-14(18)10-16(11)21-17(12(2)19)13-5-8-15(20-3)9-6-13/h4-10,12,17H,19H2,1-3H3. The number of ether oxygens (including phenoxy) is 2. The van der Waals surface area contributed by atoms with E-state index in [0.717, 1.165) is 16.9 Å². The van der Waals surface area contributed by atoms with Gasteiger partial charge in [-0.1, -0.05) is 18.2 Å². The summed E-state index contributed by atoms with van der Waals surface area (Å²) in [4.78, 5) is 0. The van der Waals surface area contributed by atoms with Crippen LogP contribution in [0.25, 0.3) is 0 Å². The first-order valence-electron chi connectivity index (χ1n) is 6.83. The number of hydrogen-bond donors (Lipinski definition) is 1. The average molecular weight is 289 g/mol. The highest BCUT2D eigenvalue weighted by Gasteiger charge is 2.19. The average Bonchev–Trinajstić information content (AvgIpc) is 2.48. The summed E-state index contributed by atoms with van der Waals surface area (Å²) in [6.45, 7) is 3.74. The van der Waals surface area contributed by atoms with Crippen molar-refractivity contribution in [3.63, 3.8) is 0 Å². The van der Waals surface area contributed by atoms with Crippen LogP contribution in [0.3, 0.4) is 0 Å². The fourth-order valence-corrected chi connectivity index (χ4v) is 2.11. The smallest absolute Gasteiger partial charge is 0.138 e. The fourth-order valence-electron chi connectivity index (χ4n) is 2.11. The lowest BCUT2D eigenvalue weighted by atomic mass is 10.0. The van der Waals surface area contributed by atoms with E-state index in [4.69, 9.17) is 15.2 Å². The van der Waals surface area contributed by atoms with E-state index in [1.807, 2.05) is 38.1 Å². The van der Waals surface area contributed by atoms with E-state index >= 15 is 0 Å². The minimum Gasteiger partial charge on any atom is -0.497 e. The number of methoxy groups -OCH3 is 1. The number of hydrogen-bond acceptors (Lipinski definition) is 3. The Balaban J connectivity index is 2.28. The molecule has 2 aromatic rings. The molecule has 0 aromatic heterocycles. The van der Waals surface area contributed by atoms with Gasteiger partial charge in [-0.3, -0.25) is 0 Å². The maximum absolute atomic E-state index is 13.4. The molecule has 0 aliphatic heterocycles. The third-order valence-electron chi connectivity index (χ3n) is 3.33. The van der Waals surface area contributed by atoms with Crippen molar-refractivity contribution in [3.8, 4) is 11.5 Å². The Morgan fingerprint density at radius 1 is 1.10 bits per heavy atom. The van der Waals surface area contributed by atoms with Gasteiger partial charge in [0, 0.05) is 12.1 Å². The number of rotatable bonds is 5. The van der Waals surface area contributed by atoms with Crippen LogP contribution in [0, 0.1) is 12.7 Å². The highest BCUT2D eigenvalue weighted by Crippen LogP contribution is 2.28. The summed E-state index contributed by atoms with van der Waals surface area (Å²) in [6, 6.07) is 11.8. The predicted octanol–water partition coefficient (Wildman–Crippen LogP) is 3.61. The zero-order chi connectivity index (χ0) is 15.4. The Kier molecular flexibility index (Phi) is 4.81. The van der Waals surface area contributed by atoms with Crippen LogP contribution in [0.5, 0.6) is 11.5 Å². The molecule has 4 heteroatoms. The second-order valence-corrected chi connectivity index (χ2v) is 5.08. The van der Waals surface area contributed by atoms with Crippen molar-refractivity contribution in [1.29, 1.82) is 0 Å². The van der Waals surface area contributed by atoms with Crippen molar-refractivity contribution >= 4 is 0 Å². The Morgan fingerprint density at radius 2 is 1.76 bits per heavy atom. The van der Waals surface area contributed by atoms with Gasteiger partial charge in [0.2, 0.25) is 0 Å². The molecular weight excluding hydrogens is 269 g/mol. The molecular formula is C17H20FNO2. The summed E-state index contributed by atoms with van der Waals surface area (Å²) in [5, 5.41) is 0. The molecule has 3 nitrogen and oxygen atoms in total. The lowest BCUT2D eigenvalue weighted by Crippen LogP contribution is -2.29. The van der Waals surface area contributed by atoms with E-state index < -0.39 is 0 Å². The van der Waals surface area contributed by atoms with Crippen LogP contribution >= 0.6 is 0 Å². The lowest BCUT2D eigenvalue weighted by Gasteiger charge is -2.24. The van der Waals surface area contributed by atoms with Crippen LogP contribution in [0.1, 0.15) is 24.2 Å². The second-order valence-electron chi connectivity index (χ2n) is 5.08. The molecule has 2 rings (SSSR count). The van der Waals surface area contributed by atoms with Gasteiger partial charge in [0.15, 0.2) is 0 Å². The van der Waals surface area contributed by atoms with Crippen molar-refractivity contribution in [2.45, 2.75) is 26.0 Å². The lowest BCUT2D eigenvalue weighted by molar-refractivity contribution is 0.178. The van der Waals surface area contributed by atoms with Crippen molar-refractivity contribution in [3.05, 3.63) is 59.4 Å². The Hall–Kier alpha value is -2.07. The number of aryl methyl sites for hydroxylation is 1. The molecule has 2 aromatic carbocycles. The molecule has 0 saturated heterocycles. The van der Waals surface area contributed by atoms with Gasteiger partial charge in [-0.05, 0) is 43.2 Å². The van der Waals surface area contributed by atoms with Crippen LogP contribution in [0.15, 0.2) is 42.5 Å². The molecule has 0 spiro atoms. The summed E-state index contributed by atoms with van der Waals surface area (Å²) < 4.78 is 24.5. The SMILES string of the molecule is COc1ccc(C(Oc2cc(F)ccc2C)C(C)N)cc1. The monoisotopic (exact) mass is 289 g/mol. The maximum atomic E-state index is 13.4. The van der Waals surface area contributed by atoms with E-state index in [9.17, 15) is 4.39 Å². The zero-order valence-corrected chi connectivity index (χ0v) is 12.5. The van der Waals surface area contributed by atoms with Gasteiger partial charge in [-0.2, -0.15) is 0 Å². The Bertz CT molecular complexity index is 596. The molecule has 21 heavy (non-hydrogen) atoms. The number of halogens is 1. The summed E-state index contributed by atoms with van der Waals surface area (Å²) in [7, 11) is 1.62. The van der Waals surface area contributed by atoms with E-state index in [2.05, 4.69) is 0 Å². The first-order valence-corrected chi connectivity index (χ1v) is 6.83. The molecule has 0 radical (unpaired) electrons. The molecule has 0 amide bonds. The first-order chi connectivity index (χ1) is 10.0. The molecule has 2 atom stereocenters. The maximum Gasteiger partial charge on any atom is 0.138 e. The third-order valence-corrected chi connectivity index (χ3v) is 3.33. The quantitative estimate of drug-likeness (QED) is 0.914. The van der Waals surface area contributed by atoms with Gasteiger partial charge in [-0.15, -0.1) is 0 Å².